The average molecular weight is 400 g/mol. The third-order valence-corrected chi connectivity index (χ3v) is 4.49. The molecule has 2 amide bonds. The molecule has 0 aromatic heterocycles. The second kappa shape index (κ2) is 8.95. The predicted octanol–water partition coefficient (Wildman–Crippen LogP) is 3.35. The number of methoxy groups -OCH3 is 1. The highest BCUT2D eigenvalue weighted by atomic mass is 35.5. The van der Waals surface area contributed by atoms with Gasteiger partial charge in [0.25, 0.3) is 11.1 Å². The molecule has 1 aromatic rings. The molecule has 1 heterocycles. The van der Waals surface area contributed by atoms with Gasteiger partial charge in [-0.25, -0.2) is 0 Å². The zero-order chi connectivity index (χ0) is 19.3. The van der Waals surface area contributed by atoms with Crippen LogP contribution in [0.25, 0.3) is 6.08 Å². The van der Waals surface area contributed by atoms with Crippen LogP contribution in [0.1, 0.15) is 19.4 Å². The van der Waals surface area contributed by atoms with Crippen molar-refractivity contribution in [1.82, 2.24) is 4.90 Å². The number of esters is 1. The number of nitrogens with zero attached hydrogens (tertiary/aromatic N) is 1. The van der Waals surface area contributed by atoms with Crippen molar-refractivity contribution in [3.8, 4) is 11.5 Å². The number of thioether (sulfide) groups is 1. The van der Waals surface area contributed by atoms with Gasteiger partial charge in [-0.05, 0) is 49.4 Å². The van der Waals surface area contributed by atoms with E-state index < -0.39 is 23.7 Å². The van der Waals surface area contributed by atoms with E-state index in [1.54, 1.807) is 12.1 Å². The Balaban J connectivity index is 2.33. The summed E-state index contributed by atoms with van der Waals surface area (Å²) in [5.74, 6) is -0.362. The Kier molecular flexibility index (Phi) is 6.93. The van der Waals surface area contributed by atoms with Crippen molar-refractivity contribution >= 4 is 46.6 Å². The smallest absolute Gasteiger partial charge is 0.325 e. The normalized spacial score (nSPS) is 15.5. The van der Waals surface area contributed by atoms with Gasteiger partial charge < -0.3 is 14.2 Å². The van der Waals surface area contributed by atoms with Crippen molar-refractivity contribution in [3.05, 3.63) is 27.6 Å². The molecule has 0 spiro atoms. The van der Waals surface area contributed by atoms with E-state index in [0.717, 1.165) is 16.7 Å². The molecule has 1 aliphatic heterocycles. The van der Waals surface area contributed by atoms with Crippen LogP contribution >= 0.6 is 23.4 Å². The van der Waals surface area contributed by atoms with Gasteiger partial charge in [-0.15, -0.1) is 0 Å². The molecule has 1 fully saturated rings. The van der Waals surface area contributed by atoms with Gasteiger partial charge in [-0.3, -0.25) is 19.3 Å². The zero-order valence-corrected chi connectivity index (χ0v) is 16.1. The highest BCUT2D eigenvalue weighted by Crippen LogP contribution is 2.39. The summed E-state index contributed by atoms with van der Waals surface area (Å²) >= 11 is 7.00. The number of hydrogen-bond donors (Lipinski definition) is 0. The summed E-state index contributed by atoms with van der Waals surface area (Å²) in [4.78, 5) is 36.7. The highest BCUT2D eigenvalue weighted by molar-refractivity contribution is 8.18. The molecule has 1 aliphatic rings. The minimum Gasteiger partial charge on any atom is -0.490 e. The molecule has 26 heavy (non-hydrogen) atoms. The fourth-order valence-electron chi connectivity index (χ4n) is 2.20. The van der Waals surface area contributed by atoms with Gasteiger partial charge in [0.05, 0.1) is 30.3 Å². The lowest BCUT2D eigenvalue weighted by Crippen LogP contribution is -2.34. The second-order valence-corrected chi connectivity index (χ2v) is 6.44. The highest BCUT2D eigenvalue weighted by Gasteiger charge is 2.36. The van der Waals surface area contributed by atoms with Crippen LogP contribution in [0.4, 0.5) is 4.79 Å². The average Bonchev–Trinajstić information content (AvgIpc) is 2.85. The molecule has 0 atom stereocenters. The first kappa shape index (κ1) is 20.1. The van der Waals surface area contributed by atoms with E-state index in [9.17, 15) is 14.4 Å². The molecule has 2 rings (SSSR count). The first-order valence-electron chi connectivity index (χ1n) is 7.82. The lowest BCUT2D eigenvalue weighted by atomic mass is 10.1. The van der Waals surface area contributed by atoms with E-state index in [2.05, 4.69) is 4.74 Å². The molecule has 0 unspecified atom stereocenters. The van der Waals surface area contributed by atoms with Crippen molar-refractivity contribution in [1.29, 1.82) is 0 Å². The number of carbonyl (C=O) groups excluding carboxylic acids is 3. The zero-order valence-electron chi connectivity index (χ0n) is 14.5. The van der Waals surface area contributed by atoms with E-state index >= 15 is 0 Å². The van der Waals surface area contributed by atoms with Crippen molar-refractivity contribution in [2.75, 3.05) is 26.9 Å². The lowest BCUT2D eigenvalue weighted by Gasteiger charge is -2.13. The summed E-state index contributed by atoms with van der Waals surface area (Å²) in [5.41, 5.74) is 0.575. The van der Waals surface area contributed by atoms with Crippen molar-refractivity contribution in [3.63, 3.8) is 0 Å². The number of rotatable bonds is 7. The van der Waals surface area contributed by atoms with Gasteiger partial charge in [0.2, 0.25) is 0 Å². The van der Waals surface area contributed by atoms with Crippen LogP contribution in [0, 0.1) is 0 Å². The Hall–Kier alpha value is -2.19. The summed E-state index contributed by atoms with van der Waals surface area (Å²) in [7, 11) is 1.19. The summed E-state index contributed by atoms with van der Waals surface area (Å²) < 4.78 is 15.5. The Labute approximate surface area is 160 Å². The number of ether oxygens (including phenoxy) is 3. The third kappa shape index (κ3) is 4.50. The summed E-state index contributed by atoms with van der Waals surface area (Å²) in [6.45, 7) is 4.07. The molecular weight excluding hydrogens is 382 g/mol. The predicted molar refractivity (Wildman–Crippen MR) is 98.5 cm³/mol. The summed E-state index contributed by atoms with van der Waals surface area (Å²) in [6, 6.07) is 3.29. The van der Waals surface area contributed by atoms with Crippen LogP contribution in [0.5, 0.6) is 11.5 Å². The molecule has 0 saturated carbocycles. The number of benzene rings is 1. The molecule has 9 heteroatoms. The molecule has 7 nitrogen and oxygen atoms in total. The maximum atomic E-state index is 12.4. The summed E-state index contributed by atoms with van der Waals surface area (Å²) in [5, 5.41) is -0.202. The Morgan fingerprint density at radius 3 is 2.54 bits per heavy atom. The number of halogens is 1. The maximum Gasteiger partial charge on any atom is 0.325 e. The maximum absolute atomic E-state index is 12.4. The number of imide groups is 1. The van der Waals surface area contributed by atoms with Gasteiger partial charge in [0.1, 0.15) is 6.54 Å². The SMILES string of the molecule is CCOc1cc(C=C2SC(=O)N(CC(=O)OC)C2=O)cc(Cl)c1OCC. The number of hydrogen-bond acceptors (Lipinski definition) is 7. The first-order chi connectivity index (χ1) is 12.4. The van der Waals surface area contributed by atoms with E-state index in [1.165, 1.54) is 13.2 Å². The monoisotopic (exact) mass is 399 g/mol. The summed E-state index contributed by atoms with van der Waals surface area (Å²) in [6.07, 6.45) is 1.52. The first-order valence-corrected chi connectivity index (χ1v) is 9.02. The van der Waals surface area contributed by atoms with Gasteiger partial charge in [-0.1, -0.05) is 11.6 Å². The van der Waals surface area contributed by atoms with Crippen LogP contribution in [-0.2, 0) is 14.3 Å². The minimum absolute atomic E-state index is 0.182. The van der Waals surface area contributed by atoms with E-state index in [-0.39, 0.29) is 4.91 Å². The van der Waals surface area contributed by atoms with E-state index in [4.69, 9.17) is 21.1 Å². The molecule has 0 radical (unpaired) electrons. The van der Waals surface area contributed by atoms with Crippen LogP contribution < -0.4 is 9.47 Å². The topological polar surface area (TPSA) is 82.1 Å². The molecule has 0 bridgehead atoms. The molecule has 1 aromatic carbocycles. The van der Waals surface area contributed by atoms with Crippen LogP contribution in [0.15, 0.2) is 17.0 Å². The molecule has 0 aliphatic carbocycles. The van der Waals surface area contributed by atoms with Crippen LogP contribution in [0.2, 0.25) is 5.02 Å². The minimum atomic E-state index is -0.670. The molecule has 1 saturated heterocycles. The number of amides is 2. The van der Waals surface area contributed by atoms with Crippen molar-refractivity contribution < 1.29 is 28.6 Å². The second-order valence-electron chi connectivity index (χ2n) is 5.04. The molecular formula is C17H18ClNO6S. The molecule has 0 N–H and O–H groups in total. The fourth-order valence-corrected chi connectivity index (χ4v) is 3.31. The lowest BCUT2D eigenvalue weighted by molar-refractivity contribution is -0.143. The standard InChI is InChI=1S/C17H18ClNO6S/c1-4-24-12-7-10(6-11(18)15(12)25-5-2)8-13-16(21)19(17(22)26-13)9-14(20)23-3/h6-8H,4-5,9H2,1-3H3. The molecule has 140 valence electrons. The van der Waals surface area contributed by atoms with Crippen LogP contribution in [-0.4, -0.2) is 48.9 Å². The van der Waals surface area contributed by atoms with E-state index in [1.807, 2.05) is 13.8 Å². The van der Waals surface area contributed by atoms with Gasteiger partial charge >= 0.3 is 5.97 Å². The Morgan fingerprint density at radius 1 is 1.23 bits per heavy atom. The van der Waals surface area contributed by atoms with Crippen molar-refractivity contribution in [2.24, 2.45) is 0 Å². The van der Waals surface area contributed by atoms with Gasteiger partial charge in [0, 0.05) is 0 Å². The van der Waals surface area contributed by atoms with Gasteiger partial charge in [-0.2, -0.15) is 0 Å². The third-order valence-electron chi connectivity index (χ3n) is 3.31. The number of carbonyl (C=O) groups is 3. The Bertz CT molecular complexity index is 764. The fraction of sp³-hybridized carbons (Fsp3) is 0.353. The van der Waals surface area contributed by atoms with Gasteiger partial charge in [0.15, 0.2) is 11.5 Å². The Morgan fingerprint density at radius 2 is 1.92 bits per heavy atom. The van der Waals surface area contributed by atoms with Crippen molar-refractivity contribution in [2.45, 2.75) is 13.8 Å². The van der Waals surface area contributed by atoms with E-state index in [0.29, 0.717) is 35.3 Å². The largest absolute Gasteiger partial charge is 0.490 e. The van der Waals surface area contributed by atoms with Crippen LogP contribution in [0.3, 0.4) is 0 Å². The quantitative estimate of drug-likeness (QED) is 0.513.